The van der Waals surface area contributed by atoms with Crippen molar-refractivity contribution in [2.75, 3.05) is 0 Å². The lowest BCUT2D eigenvalue weighted by molar-refractivity contribution is -0.748. The van der Waals surface area contributed by atoms with Crippen molar-refractivity contribution in [3.63, 3.8) is 0 Å². The first kappa shape index (κ1) is 22.5. The van der Waals surface area contributed by atoms with E-state index in [9.17, 15) is 0 Å². The molecule has 0 fully saturated rings. The molecule has 0 saturated carbocycles. The highest BCUT2D eigenvalue weighted by molar-refractivity contribution is 5.35. The van der Waals surface area contributed by atoms with Gasteiger partial charge in [0, 0.05) is 0 Å². The topological polar surface area (TPSA) is 43.4 Å². The van der Waals surface area contributed by atoms with E-state index in [0.717, 1.165) is 26.2 Å². The Balaban J connectivity index is 1.61. The Hall–Kier alpha value is -3.28. The van der Waals surface area contributed by atoms with Gasteiger partial charge < -0.3 is 0 Å². The quantitative estimate of drug-likeness (QED) is 0.333. The maximum atomic E-state index is 4.85. The molecule has 3 heterocycles. The zero-order chi connectivity index (χ0) is 24.1. The summed E-state index contributed by atoms with van der Waals surface area (Å²) in [6, 6.07) is 13.9. The minimum absolute atomic E-state index is 0.0765. The Morgan fingerprint density at radius 2 is 0.971 bits per heavy atom. The highest BCUT2D eigenvalue weighted by Gasteiger charge is 2.20. The van der Waals surface area contributed by atoms with Gasteiger partial charge >= 0.3 is 0 Å². The van der Waals surface area contributed by atoms with Crippen molar-refractivity contribution < 1.29 is 9.36 Å². The normalized spacial score (nSPS) is 14.3. The lowest BCUT2D eigenvalue weighted by Crippen LogP contribution is -2.38. The second-order valence-electron chi connectivity index (χ2n) is 11.7. The first-order valence-corrected chi connectivity index (χ1v) is 12.1. The summed E-state index contributed by atoms with van der Waals surface area (Å²) in [7, 11) is 0. The molecular formula is C28H36N6+2. The summed E-state index contributed by atoms with van der Waals surface area (Å²) >= 11 is 0. The van der Waals surface area contributed by atoms with Crippen LogP contribution in [0.15, 0.2) is 61.2 Å². The van der Waals surface area contributed by atoms with E-state index in [-0.39, 0.29) is 10.8 Å². The average Bonchev–Trinajstić information content (AvgIpc) is 3.35. The molecule has 4 aromatic rings. The van der Waals surface area contributed by atoms with Gasteiger partial charge in [-0.15, -0.1) is 18.7 Å². The van der Waals surface area contributed by atoms with Crippen LogP contribution in [0.1, 0.15) is 74.9 Å². The fourth-order valence-corrected chi connectivity index (χ4v) is 4.56. The molecule has 1 aliphatic heterocycles. The van der Waals surface area contributed by atoms with Gasteiger partial charge in [-0.3, -0.25) is 0 Å². The maximum Gasteiger partial charge on any atom is 0.155 e. The van der Waals surface area contributed by atoms with E-state index in [1.165, 1.54) is 33.4 Å². The molecule has 6 nitrogen and oxygen atoms in total. The minimum atomic E-state index is 0.0765. The molecule has 34 heavy (non-hydrogen) atoms. The van der Waals surface area contributed by atoms with E-state index in [1.807, 2.05) is 18.7 Å². The third-order valence-corrected chi connectivity index (χ3v) is 6.50. The van der Waals surface area contributed by atoms with Crippen molar-refractivity contribution in [1.82, 2.24) is 19.8 Å². The lowest BCUT2D eigenvalue weighted by atomic mass is 9.85. The van der Waals surface area contributed by atoms with Gasteiger partial charge in [-0.1, -0.05) is 65.8 Å². The monoisotopic (exact) mass is 456 g/mol. The maximum absolute atomic E-state index is 4.85. The zero-order valence-corrected chi connectivity index (χ0v) is 21.3. The number of aromatic nitrogens is 6. The minimum Gasteiger partial charge on any atom is -0.133 e. The zero-order valence-electron chi connectivity index (χ0n) is 21.3. The average molecular weight is 457 g/mol. The van der Waals surface area contributed by atoms with E-state index >= 15 is 0 Å². The van der Waals surface area contributed by atoms with Crippen LogP contribution in [0.25, 0.3) is 0 Å². The Kier molecular flexibility index (Phi) is 5.42. The fraction of sp³-hybridized carbons (Fsp3) is 0.429. The van der Waals surface area contributed by atoms with E-state index < -0.39 is 0 Å². The first-order chi connectivity index (χ1) is 16.0. The molecule has 0 N–H and O–H groups in total. The second-order valence-corrected chi connectivity index (χ2v) is 11.7. The molecule has 0 aliphatic carbocycles. The number of benzene rings is 2. The van der Waals surface area contributed by atoms with Crippen LogP contribution in [-0.4, -0.2) is 19.8 Å². The van der Waals surface area contributed by atoms with Crippen LogP contribution < -0.4 is 9.36 Å². The summed E-state index contributed by atoms with van der Waals surface area (Å²) in [5.41, 5.74) is 7.89. The Bertz CT molecular complexity index is 1150. The van der Waals surface area contributed by atoms with Crippen LogP contribution in [0, 0.1) is 0 Å². The molecule has 5 rings (SSSR count). The largest absolute Gasteiger partial charge is 0.155 e. The van der Waals surface area contributed by atoms with Crippen LogP contribution in [0.3, 0.4) is 0 Å². The molecule has 176 valence electrons. The van der Waals surface area contributed by atoms with E-state index in [4.69, 9.17) is 10.4 Å². The highest BCUT2D eigenvalue weighted by atomic mass is 15.5. The van der Waals surface area contributed by atoms with Crippen LogP contribution >= 0.6 is 0 Å². The molecule has 0 unspecified atom stereocenters. The van der Waals surface area contributed by atoms with Crippen molar-refractivity contribution in [2.45, 2.75) is 78.6 Å². The molecule has 8 bridgehead atoms. The third-order valence-electron chi connectivity index (χ3n) is 6.50. The number of nitrogens with zero attached hydrogens (tertiary/aromatic N) is 6. The van der Waals surface area contributed by atoms with Gasteiger partial charge in [0.2, 0.25) is 0 Å². The van der Waals surface area contributed by atoms with Gasteiger partial charge in [-0.05, 0) is 56.3 Å². The number of hydrogen-bond donors (Lipinski definition) is 0. The van der Waals surface area contributed by atoms with Crippen LogP contribution in [0.2, 0.25) is 0 Å². The van der Waals surface area contributed by atoms with Crippen molar-refractivity contribution in [3.05, 3.63) is 94.6 Å². The fourth-order valence-electron chi connectivity index (χ4n) is 4.56. The van der Waals surface area contributed by atoms with Gasteiger partial charge in [0.25, 0.3) is 0 Å². The van der Waals surface area contributed by atoms with E-state index in [1.54, 1.807) is 0 Å². The van der Waals surface area contributed by atoms with Crippen LogP contribution in [0.5, 0.6) is 0 Å². The Morgan fingerprint density at radius 1 is 0.588 bits per heavy atom. The van der Waals surface area contributed by atoms with Crippen molar-refractivity contribution in [2.24, 2.45) is 0 Å². The summed E-state index contributed by atoms with van der Waals surface area (Å²) < 4.78 is 8.14. The van der Waals surface area contributed by atoms with Gasteiger partial charge in [-0.2, -0.15) is 0 Å². The van der Waals surface area contributed by atoms with Crippen LogP contribution in [0.4, 0.5) is 0 Å². The van der Waals surface area contributed by atoms with Crippen LogP contribution in [-0.2, 0) is 37.0 Å². The highest BCUT2D eigenvalue weighted by Crippen LogP contribution is 2.26. The number of hydrogen-bond acceptors (Lipinski definition) is 2. The standard InChI is InChI=1S/C28H36N6/c1-27(2,3)25-13-21-11-22(14-25)18-32-8-10-34(30-32)20-24-12-23(15-26(16-24)28(4,5)6)19-33-9-7-31(17-21)29-33/h7-16H,17-20H2,1-6H3/q+2. The predicted octanol–water partition coefficient (Wildman–Crippen LogP) is 3.76. The number of rotatable bonds is 0. The van der Waals surface area contributed by atoms with Crippen molar-refractivity contribution >= 4 is 0 Å². The molecule has 2 aromatic heterocycles. The summed E-state index contributed by atoms with van der Waals surface area (Å²) in [5.74, 6) is 0. The van der Waals surface area contributed by atoms with Gasteiger partial charge in [0.15, 0.2) is 24.8 Å². The molecule has 0 saturated heterocycles. The molecule has 2 aromatic carbocycles. The molecular weight excluding hydrogens is 420 g/mol. The first-order valence-electron chi connectivity index (χ1n) is 12.1. The van der Waals surface area contributed by atoms with E-state index in [0.29, 0.717) is 0 Å². The van der Waals surface area contributed by atoms with Gasteiger partial charge in [-0.25, -0.2) is 0 Å². The molecule has 0 amide bonds. The van der Waals surface area contributed by atoms with Gasteiger partial charge in [0.1, 0.15) is 26.2 Å². The third kappa shape index (κ3) is 4.96. The molecule has 1 aliphatic rings. The molecule has 6 heteroatoms. The summed E-state index contributed by atoms with van der Waals surface area (Å²) in [4.78, 5) is 0. The number of fused-ring (bicyclic) bond motifs is 8. The smallest absolute Gasteiger partial charge is 0.133 e. The van der Waals surface area contributed by atoms with Gasteiger partial charge in [0.05, 0.1) is 10.4 Å². The summed E-state index contributed by atoms with van der Waals surface area (Å²) in [6.45, 7) is 16.6. The summed E-state index contributed by atoms with van der Waals surface area (Å²) in [5, 5.41) is 9.71. The second kappa shape index (κ2) is 8.19. The molecule has 0 radical (unpaired) electrons. The Morgan fingerprint density at radius 3 is 1.38 bits per heavy atom. The molecule has 0 spiro atoms. The lowest BCUT2D eigenvalue weighted by Gasteiger charge is -2.21. The Labute approximate surface area is 202 Å². The van der Waals surface area contributed by atoms with Crippen molar-refractivity contribution in [1.29, 1.82) is 0 Å². The van der Waals surface area contributed by atoms with E-state index in [2.05, 4.69) is 103 Å². The van der Waals surface area contributed by atoms with Crippen molar-refractivity contribution in [3.8, 4) is 0 Å². The molecule has 0 atom stereocenters. The SMILES string of the molecule is CC(C)(C)c1cc2cc(c1)Cn1cc[n+](n1)Cc1cc(cc(C(C)(C)C)c1)C[n+]1ccn(n1)C2. The predicted molar refractivity (Wildman–Crippen MR) is 132 cm³/mol. The summed E-state index contributed by atoms with van der Waals surface area (Å²) in [6.07, 6.45) is 8.30.